The van der Waals surface area contributed by atoms with Gasteiger partial charge in [0, 0.05) is 37.9 Å². The van der Waals surface area contributed by atoms with Crippen LogP contribution in [-0.2, 0) is 11.3 Å². The molecule has 7 heteroatoms. The van der Waals surface area contributed by atoms with Crippen LogP contribution in [-0.4, -0.2) is 49.5 Å². The number of imidazole rings is 2. The number of amides is 1. The molecule has 1 N–H and O–H groups in total. The van der Waals surface area contributed by atoms with Gasteiger partial charge in [0.15, 0.2) is 0 Å². The van der Waals surface area contributed by atoms with Crippen molar-refractivity contribution < 1.29 is 4.79 Å². The lowest BCUT2D eigenvalue weighted by atomic mass is 9.98. The van der Waals surface area contributed by atoms with E-state index in [9.17, 15) is 4.79 Å². The number of carbonyl (C=O) groups is 1. The van der Waals surface area contributed by atoms with Crippen LogP contribution in [0.1, 0.15) is 12.8 Å². The molecule has 1 atom stereocenters. The van der Waals surface area contributed by atoms with Crippen molar-refractivity contribution in [1.82, 2.24) is 24.0 Å². The minimum Gasteiger partial charge on any atom is -0.337 e. The number of anilines is 1. The molecular weight excluding hydrogens is 340 g/mol. The van der Waals surface area contributed by atoms with Gasteiger partial charge in [0.25, 0.3) is 0 Å². The predicted octanol–water partition coefficient (Wildman–Crippen LogP) is 2.42. The second kappa shape index (κ2) is 8.18. The van der Waals surface area contributed by atoms with Gasteiger partial charge in [0.1, 0.15) is 0 Å². The molecule has 1 amide bonds. The van der Waals surface area contributed by atoms with Crippen molar-refractivity contribution in [1.29, 1.82) is 0 Å². The summed E-state index contributed by atoms with van der Waals surface area (Å²) in [6.45, 7) is 3.28. The number of rotatable bonds is 6. The van der Waals surface area contributed by atoms with Gasteiger partial charge >= 0.3 is 0 Å². The van der Waals surface area contributed by atoms with Gasteiger partial charge in [-0.15, -0.1) is 0 Å². The fraction of sp³-hybridized carbons (Fsp3) is 0.350. The lowest BCUT2D eigenvalue weighted by Crippen LogP contribution is -2.41. The van der Waals surface area contributed by atoms with Gasteiger partial charge < -0.3 is 14.5 Å². The molecule has 0 radical (unpaired) electrons. The van der Waals surface area contributed by atoms with Crippen LogP contribution >= 0.6 is 0 Å². The van der Waals surface area contributed by atoms with Gasteiger partial charge in [-0.25, -0.2) is 9.97 Å². The van der Waals surface area contributed by atoms with E-state index >= 15 is 0 Å². The van der Waals surface area contributed by atoms with Crippen molar-refractivity contribution in [2.24, 2.45) is 5.92 Å². The zero-order valence-corrected chi connectivity index (χ0v) is 15.2. The lowest BCUT2D eigenvalue weighted by Gasteiger charge is -2.32. The Kier molecular flexibility index (Phi) is 5.29. The zero-order valence-electron chi connectivity index (χ0n) is 15.2. The van der Waals surface area contributed by atoms with E-state index in [-0.39, 0.29) is 5.91 Å². The Hall–Kier alpha value is -2.93. The first-order valence-electron chi connectivity index (χ1n) is 9.33. The van der Waals surface area contributed by atoms with E-state index in [1.165, 1.54) is 6.42 Å². The van der Waals surface area contributed by atoms with Gasteiger partial charge in [-0.05, 0) is 37.4 Å². The summed E-state index contributed by atoms with van der Waals surface area (Å²) in [5.41, 5.74) is 1.72. The predicted molar refractivity (Wildman–Crippen MR) is 104 cm³/mol. The molecular formula is C20H24N6O. The number of para-hydroxylation sites is 2. The molecule has 0 unspecified atom stereocenters. The SMILES string of the molecule is O=C(CN1CCC[C@H](Cn2ccnc2)C1)Nc1ccccc1-n1ccnc1. The minimum atomic E-state index is 0.0193. The van der Waals surface area contributed by atoms with Crippen LogP contribution < -0.4 is 5.32 Å². The maximum atomic E-state index is 12.6. The molecule has 7 nitrogen and oxygen atoms in total. The van der Waals surface area contributed by atoms with E-state index in [1.54, 1.807) is 12.5 Å². The fourth-order valence-electron chi connectivity index (χ4n) is 3.74. The monoisotopic (exact) mass is 364 g/mol. The van der Waals surface area contributed by atoms with E-state index in [2.05, 4.69) is 24.8 Å². The molecule has 4 rings (SSSR count). The Bertz CT molecular complexity index is 859. The van der Waals surface area contributed by atoms with Crippen LogP contribution in [0.2, 0.25) is 0 Å². The second-order valence-electron chi connectivity index (χ2n) is 7.04. The molecule has 3 aromatic rings. The number of carbonyl (C=O) groups excluding carboxylic acids is 1. The van der Waals surface area contributed by atoms with Gasteiger partial charge in [-0.1, -0.05) is 12.1 Å². The van der Waals surface area contributed by atoms with Crippen LogP contribution in [0.3, 0.4) is 0 Å². The minimum absolute atomic E-state index is 0.0193. The smallest absolute Gasteiger partial charge is 0.238 e. The Morgan fingerprint density at radius 1 is 1.15 bits per heavy atom. The summed E-state index contributed by atoms with van der Waals surface area (Å²) in [5.74, 6) is 0.574. The highest BCUT2D eigenvalue weighted by Crippen LogP contribution is 2.21. The number of piperidine rings is 1. The molecule has 0 saturated carbocycles. The first kappa shape index (κ1) is 17.5. The third-order valence-electron chi connectivity index (χ3n) is 4.96. The standard InChI is InChI=1S/C20H24N6O/c27-20(23-18-5-1-2-6-19(18)26-11-8-22-16-26)14-24-9-3-4-17(12-24)13-25-10-7-21-15-25/h1-2,5-8,10-11,15-17H,3-4,9,12-14H2,(H,23,27)/t17-/m0/s1. The molecule has 1 aromatic carbocycles. The highest BCUT2D eigenvalue weighted by Gasteiger charge is 2.22. The third-order valence-corrected chi connectivity index (χ3v) is 4.96. The van der Waals surface area contributed by atoms with Crippen molar-refractivity contribution in [3.8, 4) is 5.69 Å². The average Bonchev–Trinajstić information content (AvgIpc) is 3.36. The number of nitrogens with zero attached hydrogens (tertiary/aromatic N) is 5. The van der Waals surface area contributed by atoms with Crippen LogP contribution in [0.5, 0.6) is 0 Å². The molecule has 3 heterocycles. The molecule has 1 fully saturated rings. The summed E-state index contributed by atoms with van der Waals surface area (Å²) in [4.78, 5) is 23.1. The van der Waals surface area contributed by atoms with Crippen molar-refractivity contribution in [2.75, 3.05) is 25.0 Å². The van der Waals surface area contributed by atoms with Crippen molar-refractivity contribution in [2.45, 2.75) is 19.4 Å². The van der Waals surface area contributed by atoms with Crippen molar-refractivity contribution in [3.63, 3.8) is 0 Å². The van der Waals surface area contributed by atoms with Crippen molar-refractivity contribution >= 4 is 11.6 Å². The molecule has 2 aromatic heterocycles. The topological polar surface area (TPSA) is 68.0 Å². The molecule has 27 heavy (non-hydrogen) atoms. The number of nitrogens with one attached hydrogen (secondary N) is 1. The van der Waals surface area contributed by atoms with Gasteiger partial charge in [0.05, 0.1) is 30.6 Å². The number of hydrogen-bond acceptors (Lipinski definition) is 4. The fourth-order valence-corrected chi connectivity index (χ4v) is 3.74. The normalized spacial score (nSPS) is 17.7. The summed E-state index contributed by atoms with van der Waals surface area (Å²) >= 11 is 0. The second-order valence-corrected chi connectivity index (χ2v) is 7.04. The van der Waals surface area contributed by atoms with Crippen LogP contribution in [0, 0.1) is 5.92 Å². The maximum absolute atomic E-state index is 12.6. The highest BCUT2D eigenvalue weighted by molar-refractivity contribution is 5.94. The van der Waals surface area contributed by atoms with Gasteiger partial charge in [-0.2, -0.15) is 0 Å². The molecule has 1 saturated heterocycles. The van der Waals surface area contributed by atoms with E-state index in [0.29, 0.717) is 12.5 Å². The lowest BCUT2D eigenvalue weighted by molar-refractivity contribution is -0.117. The molecule has 0 bridgehead atoms. The molecule has 1 aliphatic rings. The van der Waals surface area contributed by atoms with E-state index in [0.717, 1.165) is 37.4 Å². The van der Waals surface area contributed by atoms with Crippen LogP contribution in [0.15, 0.2) is 61.7 Å². The largest absolute Gasteiger partial charge is 0.337 e. The molecule has 1 aliphatic heterocycles. The van der Waals surface area contributed by atoms with E-state index in [4.69, 9.17) is 0 Å². The Balaban J connectivity index is 1.36. The first-order valence-corrected chi connectivity index (χ1v) is 9.33. The Labute approximate surface area is 158 Å². The summed E-state index contributed by atoms with van der Waals surface area (Å²) in [6.07, 6.45) is 13.3. The van der Waals surface area contributed by atoms with Gasteiger partial charge in [0.2, 0.25) is 5.91 Å². The molecule has 0 aliphatic carbocycles. The quantitative estimate of drug-likeness (QED) is 0.729. The Morgan fingerprint density at radius 3 is 2.81 bits per heavy atom. The summed E-state index contributed by atoms with van der Waals surface area (Å²) in [5, 5.41) is 3.06. The van der Waals surface area contributed by atoms with E-state index < -0.39 is 0 Å². The van der Waals surface area contributed by atoms with Gasteiger partial charge in [-0.3, -0.25) is 9.69 Å². The number of aromatic nitrogens is 4. The first-order chi connectivity index (χ1) is 13.3. The highest BCUT2D eigenvalue weighted by atomic mass is 16.2. The number of hydrogen-bond donors (Lipinski definition) is 1. The molecule has 140 valence electrons. The number of likely N-dealkylation sites (tertiary alicyclic amines) is 1. The third kappa shape index (κ3) is 4.43. The summed E-state index contributed by atoms with van der Waals surface area (Å²) in [7, 11) is 0. The molecule has 0 spiro atoms. The maximum Gasteiger partial charge on any atom is 0.238 e. The zero-order chi connectivity index (χ0) is 18.5. The van der Waals surface area contributed by atoms with E-state index in [1.807, 2.05) is 53.8 Å². The van der Waals surface area contributed by atoms with Crippen LogP contribution in [0.4, 0.5) is 5.69 Å². The average molecular weight is 364 g/mol. The Morgan fingerprint density at radius 2 is 2.00 bits per heavy atom. The summed E-state index contributed by atoms with van der Waals surface area (Å²) < 4.78 is 4.02. The number of benzene rings is 1. The van der Waals surface area contributed by atoms with Crippen LogP contribution in [0.25, 0.3) is 5.69 Å². The summed E-state index contributed by atoms with van der Waals surface area (Å²) in [6, 6.07) is 7.78. The van der Waals surface area contributed by atoms with Crippen molar-refractivity contribution in [3.05, 3.63) is 61.7 Å².